The molecule has 1 amide bonds. The summed E-state index contributed by atoms with van der Waals surface area (Å²) < 4.78 is 0. The quantitative estimate of drug-likeness (QED) is 0.545. The number of thiocarbonyl (C=S) groups is 1. The summed E-state index contributed by atoms with van der Waals surface area (Å²) >= 11 is 5.61. The number of carbonyl (C=O) groups excluding carboxylic acids is 1. The van der Waals surface area contributed by atoms with Crippen molar-refractivity contribution in [2.75, 3.05) is 11.9 Å². The van der Waals surface area contributed by atoms with Gasteiger partial charge in [0.15, 0.2) is 5.11 Å². The second-order valence-electron chi connectivity index (χ2n) is 7.11. The zero-order valence-corrected chi connectivity index (χ0v) is 16.9. The van der Waals surface area contributed by atoms with Gasteiger partial charge in [-0.05, 0) is 61.1 Å². The first-order valence-electron chi connectivity index (χ1n) is 9.60. The van der Waals surface area contributed by atoms with Crippen molar-refractivity contribution in [1.82, 2.24) is 20.2 Å². The van der Waals surface area contributed by atoms with Crippen LogP contribution in [0.5, 0.6) is 0 Å². The summed E-state index contributed by atoms with van der Waals surface area (Å²) in [5, 5.41) is 6.98. The SMILES string of the molecule is Cc1cccc(NC(=O)CCN2C(=S)N[C@@H](c3ccccn3)[C@@H]2c2ccc[nH]2)c1. The van der Waals surface area contributed by atoms with Crippen LogP contribution in [0.1, 0.15) is 35.5 Å². The molecule has 0 spiro atoms. The van der Waals surface area contributed by atoms with E-state index in [1.54, 1.807) is 6.20 Å². The standard InChI is InChI=1S/C22H23N5OS/c1-15-6-4-7-16(14-15)25-19(28)10-13-27-21(18-9-5-12-24-18)20(26-22(27)29)17-8-2-3-11-23-17/h2-9,11-12,14,20-21,24H,10,13H2,1H3,(H,25,28)(H,26,29)/t20-,21-/m0/s1. The molecule has 4 rings (SSSR count). The smallest absolute Gasteiger partial charge is 0.226 e. The Balaban J connectivity index is 1.49. The molecule has 1 saturated heterocycles. The Labute approximate surface area is 175 Å². The van der Waals surface area contributed by atoms with Crippen LogP contribution >= 0.6 is 12.2 Å². The number of anilines is 1. The Morgan fingerprint density at radius 1 is 1.21 bits per heavy atom. The number of aromatic amines is 1. The Morgan fingerprint density at radius 3 is 2.83 bits per heavy atom. The summed E-state index contributed by atoms with van der Waals surface area (Å²) in [6.45, 7) is 2.51. The molecule has 2 aromatic heterocycles. The predicted octanol–water partition coefficient (Wildman–Crippen LogP) is 3.72. The lowest BCUT2D eigenvalue weighted by Crippen LogP contribution is -2.32. The number of amides is 1. The molecule has 0 radical (unpaired) electrons. The fraction of sp³-hybridized carbons (Fsp3) is 0.227. The molecule has 0 bridgehead atoms. The molecule has 0 aliphatic carbocycles. The van der Waals surface area contributed by atoms with Gasteiger partial charge in [0, 0.05) is 36.7 Å². The van der Waals surface area contributed by atoms with Crippen molar-refractivity contribution in [3.63, 3.8) is 0 Å². The lowest BCUT2D eigenvalue weighted by Gasteiger charge is -2.26. The summed E-state index contributed by atoms with van der Waals surface area (Å²) in [6.07, 6.45) is 4.01. The molecule has 0 unspecified atom stereocenters. The second kappa shape index (κ2) is 8.45. The Hall–Kier alpha value is -3.19. The lowest BCUT2D eigenvalue weighted by atomic mass is 10.0. The van der Waals surface area contributed by atoms with Crippen molar-refractivity contribution in [3.8, 4) is 0 Å². The number of benzene rings is 1. The summed E-state index contributed by atoms with van der Waals surface area (Å²) in [6, 6.07) is 17.5. The topological polar surface area (TPSA) is 73.1 Å². The zero-order chi connectivity index (χ0) is 20.2. The van der Waals surface area contributed by atoms with Gasteiger partial charge in [0.1, 0.15) is 0 Å². The predicted molar refractivity (Wildman–Crippen MR) is 117 cm³/mol. The number of nitrogens with zero attached hydrogens (tertiary/aromatic N) is 2. The van der Waals surface area contributed by atoms with E-state index in [0.29, 0.717) is 18.1 Å². The molecule has 2 atom stereocenters. The van der Waals surface area contributed by atoms with Crippen molar-refractivity contribution in [3.05, 3.63) is 83.9 Å². The van der Waals surface area contributed by atoms with E-state index in [1.165, 1.54) is 0 Å². The van der Waals surface area contributed by atoms with Gasteiger partial charge in [0.25, 0.3) is 0 Å². The Morgan fingerprint density at radius 2 is 2.10 bits per heavy atom. The number of aryl methyl sites for hydroxylation is 1. The minimum absolute atomic E-state index is 0.0371. The summed E-state index contributed by atoms with van der Waals surface area (Å²) in [7, 11) is 0. The Kier molecular flexibility index (Phi) is 5.57. The maximum atomic E-state index is 12.5. The summed E-state index contributed by atoms with van der Waals surface area (Å²) in [5.41, 5.74) is 3.87. The number of carbonyl (C=O) groups is 1. The molecular formula is C22H23N5OS. The van der Waals surface area contributed by atoms with Crippen LogP contribution < -0.4 is 10.6 Å². The maximum absolute atomic E-state index is 12.5. The fourth-order valence-electron chi connectivity index (χ4n) is 3.68. The average molecular weight is 406 g/mol. The van der Waals surface area contributed by atoms with Crippen molar-refractivity contribution in [2.24, 2.45) is 0 Å². The van der Waals surface area contributed by atoms with Crippen molar-refractivity contribution in [2.45, 2.75) is 25.4 Å². The number of aromatic nitrogens is 2. The maximum Gasteiger partial charge on any atom is 0.226 e. The van der Waals surface area contributed by atoms with Crippen molar-refractivity contribution < 1.29 is 4.79 Å². The molecule has 1 fully saturated rings. The van der Waals surface area contributed by atoms with Crippen molar-refractivity contribution in [1.29, 1.82) is 0 Å². The highest BCUT2D eigenvalue weighted by atomic mass is 32.1. The molecule has 1 aromatic carbocycles. The third-order valence-corrected chi connectivity index (χ3v) is 5.37. The van der Waals surface area contributed by atoms with Crippen LogP contribution in [0.15, 0.2) is 67.0 Å². The Bertz CT molecular complexity index is 989. The molecule has 3 heterocycles. The van der Waals surface area contributed by atoms with Crippen LogP contribution in [-0.2, 0) is 4.79 Å². The van der Waals surface area contributed by atoms with E-state index in [-0.39, 0.29) is 18.0 Å². The monoisotopic (exact) mass is 405 g/mol. The van der Waals surface area contributed by atoms with Crippen LogP contribution in [0.3, 0.4) is 0 Å². The van der Waals surface area contributed by atoms with Gasteiger partial charge in [0.05, 0.1) is 17.8 Å². The van der Waals surface area contributed by atoms with Gasteiger partial charge < -0.3 is 20.5 Å². The van der Waals surface area contributed by atoms with Gasteiger partial charge in [-0.1, -0.05) is 18.2 Å². The van der Waals surface area contributed by atoms with E-state index < -0.39 is 0 Å². The molecule has 6 nitrogen and oxygen atoms in total. The van der Waals surface area contributed by atoms with E-state index in [2.05, 4.69) is 25.5 Å². The molecule has 1 aliphatic heterocycles. The van der Waals surface area contributed by atoms with Crippen molar-refractivity contribution >= 4 is 28.9 Å². The van der Waals surface area contributed by atoms with Crippen LogP contribution in [0, 0.1) is 6.92 Å². The van der Waals surface area contributed by atoms with Gasteiger partial charge in [0.2, 0.25) is 5.91 Å². The molecule has 29 heavy (non-hydrogen) atoms. The highest BCUT2D eigenvalue weighted by Crippen LogP contribution is 2.37. The molecule has 0 saturated carbocycles. The molecule has 7 heteroatoms. The minimum Gasteiger partial charge on any atom is -0.363 e. The minimum atomic E-state index is -0.0813. The first kappa shape index (κ1) is 19.1. The lowest BCUT2D eigenvalue weighted by molar-refractivity contribution is -0.116. The molecule has 148 valence electrons. The van der Waals surface area contributed by atoms with Gasteiger partial charge in [-0.2, -0.15) is 0 Å². The summed E-state index contributed by atoms with van der Waals surface area (Å²) in [5.74, 6) is -0.0371. The third-order valence-electron chi connectivity index (χ3n) is 5.02. The van der Waals surface area contributed by atoms with Crippen LogP contribution in [0.2, 0.25) is 0 Å². The first-order valence-corrected chi connectivity index (χ1v) is 10.0. The third kappa shape index (κ3) is 4.30. The largest absolute Gasteiger partial charge is 0.363 e. The molecular weight excluding hydrogens is 382 g/mol. The highest BCUT2D eigenvalue weighted by Gasteiger charge is 2.40. The number of H-pyrrole nitrogens is 1. The fourth-order valence-corrected chi connectivity index (χ4v) is 4.01. The highest BCUT2D eigenvalue weighted by molar-refractivity contribution is 7.80. The van der Waals surface area contributed by atoms with E-state index in [9.17, 15) is 4.79 Å². The van der Waals surface area contributed by atoms with Crippen LogP contribution in [0.4, 0.5) is 5.69 Å². The number of pyridine rings is 1. The number of nitrogens with one attached hydrogen (secondary N) is 3. The molecule has 1 aliphatic rings. The number of hydrogen-bond donors (Lipinski definition) is 3. The van der Waals surface area contributed by atoms with E-state index in [0.717, 1.165) is 22.6 Å². The van der Waals surface area contributed by atoms with Gasteiger partial charge in [-0.15, -0.1) is 0 Å². The number of rotatable bonds is 6. The average Bonchev–Trinajstić information content (AvgIpc) is 3.35. The molecule has 3 N–H and O–H groups in total. The van der Waals surface area contributed by atoms with Gasteiger partial charge in [-0.3, -0.25) is 9.78 Å². The first-order chi connectivity index (χ1) is 14.1. The van der Waals surface area contributed by atoms with Crippen LogP contribution in [-0.4, -0.2) is 32.4 Å². The van der Waals surface area contributed by atoms with Crippen LogP contribution in [0.25, 0.3) is 0 Å². The number of hydrogen-bond acceptors (Lipinski definition) is 3. The van der Waals surface area contributed by atoms with E-state index >= 15 is 0 Å². The van der Waals surface area contributed by atoms with Gasteiger partial charge >= 0.3 is 0 Å². The van der Waals surface area contributed by atoms with Gasteiger partial charge in [-0.25, -0.2) is 0 Å². The molecule has 3 aromatic rings. The summed E-state index contributed by atoms with van der Waals surface area (Å²) in [4.78, 5) is 22.4. The normalized spacial score (nSPS) is 18.5. The zero-order valence-electron chi connectivity index (χ0n) is 16.1. The van der Waals surface area contributed by atoms with E-state index in [1.807, 2.05) is 67.7 Å². The van der Waals surface area contributed by atoms with E-state index in [4.69, 9.17) is 12.2 Å². The second-order valence-corrected chi connectivity index (χ2v) is 7.50.